The summed E-state index contributed by atoms with van der Waals surface area (Å²) in [6.45, 7) is 6.04. The van der Waals surface area contributed by atoms with Crippen LogP contribution in [-0.2, 0) is 12.5 Å². The summed E-state index contributed by atoms with van der Waals surface area (Å²) in [5.74, 6) is 5.93. The van der Waals surface area contributed by atoms with E-state index >= 15 is 0 Å². The van der Waals surface area contributed by atoms with Gasteiger partial charge in [-0.3, -0.25) is 10.1 Å². The minimum Gasteiger partial charge on any atom is -0.308 e. The molecule has 1 amide bonds. The number of hydrogen-bond acceptors (Lipinski definition) is 6. The van der Waals surface area contributed by atoms with Gasteiger partial charge in [-0.1, -0.05) is 20.8 Å². The molecule has 0 saturated carbocycles. The second-order valence-corrected chi connectivity index (χ2v) is 5.68. The lowest BCUT2D eigenvalue weighted by Gasteiger charge is -2.19. The average molecular weight is 289 g/mol. The number of nitrogens with one attached hydrogen (secondary N) is 2. The van der Waals surface area contributed by atoms with Crippen LogP contribution in [0.15, 0.2) is 18.5 Å². The zero-order valence-electron chi connectivity index (χ0n) is 12.5. The van der Waals surface area contributed by atoms with Crippen LogP contribution in [0.3, 0.4) is 0 Å². The number of aryl methyl sites for hydroxylation is 1. The number of nitrogens with zero attached hydrogens (tertiary/aromatic N) is 4. The van der Waals surface area contributed by atoms with Gasteiger partial charge in [0.2, 0.25) is 5.95 Å². The van der Waals surface area contributed by atoms with Crippen molar-refractivity contribution in [3.63, 3.8) is 0 Å². The van der Waals surface area contributed by atoms with Gasteiger partial charge in [-0.2, -0.15) is 10.1 Å². The Balaban J connectivity index is 2.34. The van der Waals surface area contributed by atoms with Crippen LogP contribution in [0.5, 0.6) is 0 Å². The van der Waals surface area contributed by atoms with E-state index in [4.69, 9.17) is 5.84 Å². The number of anilines is 2. The van der Waals surface area contributed by atoms with E-state index < -0.39 is 0 Å². The van der Waals surface area contributed by atoms with E-state index in [-0.39, 0.29) is 11.3 Å². The van der Waals surface area contributed by atoms with Crippen molar-refractivity contribution in [1.82, 2.24) is 19.7 Å². The smallest absolute Gasteiger partial charge is 0.258 e. The fraction of sp³-hybridized carbons (Fsp3) is 0.385. The van der Waals surface area contributed by atoms with Gasteiger partial charge in [0.15, 0.2) is 0 Å². The first-order valence-electron chi connectivity index (χ1n) is 6.46. The van der Waals surface area contributed by atoms with Crippen molar-refractivity contribution < 1.29 is 4.79 Å². The molecule has 2 aromatic rings. The molecule has 0 bridgehead atoms. The van der Waals surface area contributed by atoms with E-state index in [9.17, 15) is 4.79 Å². The highest BCUT2D eigenvalue weighted by Crippen LogP contribution is 2.23. The van der Waals surface area contributed by atoms with E-state index in [0.29, 0.717) is 17.3 Å². The Kier molecular flexibility index (Phi) is 3.90. The lowest BCUT2D eigenvalue weighted by atomic mass is 9.90. The van der Waals surface area contributed by atoms with Crippen molar-refractivity contribution >= 4 is 17.7 Å². The van der Waals surface area contributed by atoms with Crippen LogP contribution < -0.4 is 16.6 Å². The van der Waals surface area contributed by atoms with Crippen molar-refractivity contribution in [1.29, 1.82) is 0 Å². The molecule has 0 aromatic carbocycles. The van der Waals surface area contributed by atoms with E-state index in [0.717, 1.165) is 5.69 Å². The number of rotatable bonds is 3. The van der Waals surface area contributed by atoms with Gasteiger partial charge in [0.1, 0.15) is 12.1 Å². The van der Waals surface area contributed by atoms with Crippen LogP contribution in [0.4, 0.5) is 11.8 Å². The van der Waals surface area contributed by atoms with Crippen molar-refractivity contribution in [3.8, 4) is 0 Å². The first-order chi connectivity index (χ1) is 9.81. The molecular formula is C13H19N7O. The molecule has 0 aliphatic carbocycles. The summed E-state index contributed by atoms with van der Waals surface area (Å²) in [4.78, 5) is 20.7. The van der Waals surface area contributed by atoms with Crippen LogP contribution in [-0.4, -0.2) is 25.7 Å². The van der Waals surface area contributed by atoms with Crippen LogP contribution in [0, 0.1) is 0 Å². The summed E-state index contributed by atoms with van der Waals surface area (Å²) in [7, 11) is 1.70. The van der Waals surface area contributed by atoms with Gasteiger partial charge in [-0.25, -0.2) is 15.5 Å². The molecule has 2 rings (SSSR count). The molecule has 8 heteroatoms. The highest BCUT2D eigenvalue weighted by molar-refractivity contribution is 6.03. The van der Waals surface area contributed by atoms with Crippen LogP contribution >= 0.6 is 0 Å². The molecule has 0 unspecified atom stereocenters. The topological polar surface area (TPSA) is 111 Å². The van der Waals surface area contributed by atoms with Crippen molar-refractivity contribution in [3.05, 3.63) is 29.7 Å². The normalized spacial score (nSPS) is 11.3. The van der Waals surface area contributed by atoms with Crippen molar-refractivity contribution in [2.24, 2.45) is 12.9 Å². The number of nitrogens with two attached hydrogens (primary N) is 1. The molecule has 21 heavy (non-hydrogen) atoms. The molecule has 112 valence electrons. The van der Waals surface area contributed by atoms with E-state index in [1.165, 1.54) is 11.0 Å². The van der Waals surface area contributed by atoms with Gasteiger partial charge in [0.05, 0.1) is 0 Å². The monoisotopic (exact) mass is 289 g/mol. The van der Waals surface area contributed by atoms with Crippen LogP contribution in [0.1, 0.15) is 36.8 Å². The third-order valence-corrected chi connectivity index (χ3v) is 2.94. The SMILES string of the molecule is Cn1ncnc1NC(=O)c1cc(NN)nc(C(C)(C)C)c1. The number of pyridine rings is 1. The summed E-state index contributed by atoms with van der Waals surface area (Å²) in [5, 5.41) is 6.59. The third-order valence-electron chi connectivity index (χ3n) is 2.94. The molecule has 0 spiro atoms. The standard InChI is InChI=1S/C13H19N7O/c1-13(2,3)9-5-8(6-10(17-9)19-14)11(21)18-12-15-7-16-20(12)4/h5-7H,14H2,1-4H3,(H,17,19)(H,15,16,18,21). The van der Waals surface area contributed by atoms with Crippen LogP contribution in [0.25, 0.3) is 0 Å². The van der Waals surface area contributed by atoms with Crippen molar-refractivity contribution in [2.75, 3.05) is 10.7 Å². The van der Waals surface area contributed by atoms with Gasteiger partial charge in [-0.05, 0) is 12.1 Å². The van der Waals surface area contributed by atoms with Gasteiger partial charge in [0, 0.05) is 23.7 Å². The molecule has 2 heterocycles. The first-order valence-corrected chi connectivity index (χ1v) is 6.46. The van der Waals surface area contributed by atoms with Gasteiger partial charge < -0.3 is 5.43 Å². The lowest BCUT2D eigenvalue weighted by molar-refractivity contribution is 0.102. The van der Waals surface area contributed by atoms with Gasteiger partial charge in [0.25, 0.3) is 5.91 Å². The molecule has 0 atom stereocenters. The number of carbonyl (C=O) groups excluding carboxylic acids is 1. The predicted octanol–water partition coefficient (Wildman–Crippen LogP) is 1.05. The third kappa shape index (κ3) is 3.34. The maximum atomic E-state index is 12.3. The van der Waals surface area contributed by atoms with Gasteiger partial charge in [-0.15, -0.1) is 0 Å². The average Bonchev–Trinajstić information content (AvgIpc) is 2.82. The molecule has 0 radical (unpaired) electrons. The maximum Gasteiger partial charge on any atom is 0.258 e. The molecule has 0 aliphatic heterocycles. The Bertz CT molecular complexity index is 657. The zero-order valence-corrected chi connectivity index (χ0v) is 12.5. The Morgan fingerprint density at radius 1 is 1.33 bits per heavy atom. The molecule has 4 N–H and O–H groups in total. The molecule has 0 aliphatic rings. The van der Waals surface area contributed by atoms with Gasteiger partial charge >= 0.3 is 0 Å². The highest BCUT2D eigenvalue weighted by atomic mass is 16.1. The van der Waals surface area contributed by atoms with Crippen molar-refractivity contribution in [2.45, 2.75) is 26.2 Å². The van der Waals surface area contributed by atoms with E-state index in [1.807, 2.05) is 20.8 Å². The second-order valence-electron chi connectivity index (χ2n) is 5.68. The minimum atomic E-state index is -0.296. The Hall–Kier alpha value is -2.48. The minimum absolute atomic E-state index is 0.202. The Morgan fingerprint density at radius 3 is 2.57 bits per heavy atom. The summed E-state index contributed by atoms with van der Waals surface area (Å²) in [6, 6.07) is 3.33. The molecule has 8 nitrogen and oxygen atoms in total. The molecule has 2 aromatic heterocycles. The van der Waals surface area contributed by atoms with E-state index in [1.54, 1.807) is 19.2 Å². The molecule has 0 fully saturated rings. The summed E-state index contributed by atoms with van der Waals surface area (Å²) < 4.78 is 1.48. The first kappa shape index (κ1) is 14.9. The fourth-order valence-electron chi connectivity index (χ4n) is 1.70. The lowest BCUT2D eigenvalue weighted by Crippen LogP contribution is -2.21. The largest absolute Gasteiger partial charge is 0.308 e. The summed E-state index contributed by atoms with van der Waals surface area (Å²) in [6.07, 6.45) is 1.37. The number of hydrogen-bond donors (Lipinski definition) is 3. The number of aromatic nitrogens is 4. The summed E-state index contributed by atoms with van der Waals surface area (Å²) in [5.41, 5.74) is 3.49. The quantitative estimate of drug-likeness (QED) is 0.575. The summed E-state index contributed by atoms with van der Waals surface area (Å²) >= 11 is 0. The number of carbonyl (C=O) groups is 1. The number of nitrogen functional groups attached to an aromatic ring is 1. The Labute approximate surface area is 122 Å². The zero-order chi connectivity index (χ0) is 15.6. The predicted molar refractivity (Wildman–Crippen MR) is 79.7 cm³/mol. The fourth-order valence-corrected chi connectivity index (χ4v) is 1.70. The second kappa shape index (κ2) is 5.49. The van der Waals surface area contributed by atoms with E-state index in [2.05, 4.69) is 25.8 Å². The maximum absolute atomic E-state index is 12.3. The van der Waals surface area contributed by atoms with Crippen LogP contribution in [0.2, 0.25) is 0 Å². The number of hydrazine groups is 1. The number of amides is 1. The molecular weight excluding hydrogens is 270 g/mol. The molecule has 0 saturated heterocycles. The highest BCUT2D eigenvalue weighted by Gasteiger charge is 2.19. The Morgan fingerprint density at radius 2 is 2.05 bits per heavy atom.